The zero-order valence-electron chi connectivity index (χ0n) is 18.5. The van der Waals surface area contributed by atoms with Gasteiger partial charge in [0.25, 0.3) is 0 Å². The number of hydrogen-bond donors (Lipinski definition) is 3. The number of hydrogen-bond acceptors (Lipinski definition) is 5. The van der Waals surface area contributed by atoms with E-state index in [1.165, 1.54) is 0 Å². The zero-order chi connectivity index (χ0) is 23.4. The first-order valence-electron chi connectivity index (χ1n) is 11.1. The Kier molecular flexibility index (Phi) is 6.78. The minimum Gasteiger partial charge on any atom is -0.493 e. The van der Waals surface area contributed by atoms with E-state index in [2.05, 4.69) is 10.0 Å². The Morgan fingerprint density at radius 2 is 1.91 bits per heavy atom. The van der Waals surface area contributed by atoms with Gasteiger partial charge in [0.2, 0.25) is 11.8 Å². The lowest BCUT2D eigenvalue weighted by atomic mass is 9.80. The standard InChI is InChI=1S/C24H29N3O5S/c1-17(28)25-21-10-6-5-9-20(21)13-19-11-12-22(27-15-24(29)26-33(27,30)31)23(14-19)32-16-18-7-3-2-4-8-18/h2-4,7-8,11-12,14-15,20-21,26,29H,5-6,9-10,13,16H2,1H3,(H,25,28). The Bertz CT molecular complexity index is 1130. The number of carbonyl (C=O) groups is 1. The summed E-state index contributed by atoms with van der Waals surface area (Å²) in [6.07, 6.45) is 6.07. The molecular formula is C24H29N3O5S. The summed E-state index contributed by atoms with van der Waals surface area (Å²) < 4.78 is 34.0. The lowest BCUT2D eigenvalue weighted by Gasteiger charge is -2.32. The van der Waals surface area contributed by atoms with Gasteiger partial charge in [0.1, 0.15) is 18.0 Å². The van der Waals surface area contributed by atoms with Crippen LogP contribution in [-0.2, 0) is 28.0 Å². The second kappa shape index (κ2) is 9.74. The van der Waals surface area contributed by atoms with Gasteiger partial charge in [-0.1, -0.05) is 49.2 Å². The molecule has 0 aromatic heterocycles. The van der Waals surface area contributed by atoms with Crippen molar-refractivity contribution in [2.75, 3.05) is 4.31 Å². The smallest absolute Gasteiger partial charge is 0.330 e. The predicted octanol–water partition coefficient (Wildman–Crippen LogP) is 3.51. The van der Waals surface area contributed by atoms with E-state index in [9.17, 15) is 18.3 Å². The van der Waals surface area contributed by atoms with Gasteiger partial charge in [-0.05, 0) is 48.4 Å². The van der Waals surface area contributed by atoms with E-state index in [0.717, 1.165) is 53.7 Å². The monoisotopic (exact) mass is 471 g/mol. The molecule has 2 aliphatic rings. The van der Waals surface area contributed by atoms with Gasteiger partial charge in [0, 0.05) is 13.0 Å². The number of benzene rings is 2. The molecule has 1 heterocycles. The van der Waals surface area contributed by atoms with Crippen molar-refractivity contribution in [1.29, 1.82) is 0 Å². The summed E-state index contributed by atoms with van der Waals surface area (Å²) in [5.41, 5.74) is 2.27. The highest BCUT2D eigenvalue weighted by molar-refractivity contribution is 7.91. The second-order valence-corrected chi connectivity index (χ2v) is 10.1. The predicted molar refractivity (Wildman–Crippen MR) is 126 cm³/mol. The lowest BCUT2D eigenvalue weighted by Crippen LogP contribution is -2.41. The summed E-state index contributed by atoms with van der Waals surface area (Å²) in [5, 5.41) is 12.8. The summed E-state index contributed by atoms with van der Waals surface area (Å²) in [7, 11) is -3.94. The third-order valence-electron chi connectivity index (χ3n) is 6.03. The number of aliphatic hydroxyl groups excluding tert-OH is 1. The minimum absolute atomic E-state index is 0.0209. The van der Waals surface area contributed by atoms with Gasteiger partial charge in [0.05, 0.1) is 6.20 Å². The first-order valence-corrected chi connectivity index (χ1v) is 12.6. The first kappa shape index (κ1) is 23.0. The topological polar surface area (TPSA) is 108 Å². The van der Waals surface area contributed by atoms with E-state index in [1.807, 2.05) is 42.5 Å². The van der Waals surface area contributed by atoms with Gasteiger partial charge in [-0.25, -0.2) is 9.03 Å². The van der Waals surface area contributed by atoms with E-state index in [-0.39, 0.29) is 18.6 Å². The van der Waals surface area contributed by atoms with Crippen LogP contribution in [0.2, 0.25) is 0 Å². The van der Waals surface area contributed by atoms with E-state index >= 15 is 0 Å². The molecule has 0 radical (unpaired) electrons. The normalized spacial score (nSPS) is 21.7. The molecule has 0 spiro atoms. The van der Waals surface area contributed by atoms with Crippen LogP contribution < -0.4 is 19.1 Å². The lowest BCUT2D eigenvalue weighted by molar-refractivity contribution is -0.120. The maximum atomic E-state index is 12.5. The van der Waals surface area contributed by atoms with E-state index in [0.29, 0.717) is 17.4 Å². The molecule has 2 aromatic carbocycles. The van der Waals surface area contributed by atoms with Crippen LogP contribution in [0.5, 0.6) is 5.75 Å². The van der Waals surface area contributed by atoms with E-state index < -0.39 is 16.1 Å². The summed E-state index contributed by atoms with van der Waals surface area (Å²) in [5.74, 6) is 0.233. The molecule has 8 nitrogen and oxygen atoms in total. The molecule has 33 heavy (non-hydrogen) atoms. The number of rotatable bonds is 7. The third kappa shape index (κ3) is 5.60. The number of ether oxygens (including phenoxy) is 1. The molecule has 2 unspecified atom stereocenters. The average Bonchev–Trinajstić information content (AvgIpc) is 3.06. The van der Waals surface area contributed by atoms with Gasteiger partial charge >= 0.3 is 10.2 Å². The van der Waals surface area contributed by atoms with Crippen molar-refractivity contribution in [3.63, 3.8) is 0 Å². The maximum absolute atomic E-state index is 12.5. The number of nitrogens with zero attached hydrogens (tertiary/aromatic N) is 1. The largest absolute Gasteiger partial charge is 0.493 e. The molecule has 1 aliphatic heterocycles. The van der Waals surface area contributed by atoms with Gasteiger partial charge in [0.15, 0.2) is 0 Å². The Morgan fingerprint density at radius 3 is 2.61 bits per heavy atom. The summed E-state index contributed by atoms with van der Waals surface area (Å²) in [4.78, 5) is 11.6. The molecular weight excluding hydrogens is 442 g/mol. The fourth-order valence-corrected chi connectivity index (χ4v) is 5.58. The van der Waals surface area contributed by atoms with Crippen LogP contribution in [-0.4, -0.2) is 25.5 Å². The van der Waals surface area contributed by atoms with Gasteiger partial charge in [-0.2, -0.15) is 8.42 Å². The minimum atomic E-state index is -3.94. The summed E-state index contributed by atoms with van der Waals surface area (Å²) >= 11 is 0. The van der Waals surface area contributed by atoms with Crippen LogP contribution >= 0.6 is 0 Å². The molecule has 0 bridgehead atoms. The highest BCUT2D eigenvalue weighted by atomic mass is 32.2. The Labute approximate surface area is 194 Å². The van der Waals surface area contributed by atoms with Crippen molar-refractivity contribution in [2.24, 2.45) is 5.92 Å². The highest BCUT2D eigenvalue weighted by Gasteiger charge is 2.32. The molecule has 1 amide bonds. The fraction of sp³-hybridized carbons (Fsp3) is 0.375. The van der Waals surface area contributed by atoms with Crippen molar-refractivity contribution < 1.29 is 23.1 Å². The van der Waals surface area contributed by atoms with Crippen LogP contribution in [0, 0.1) is 5.92 Å². The van der Waals surface area contributed by atoms with E-state index in [1.54, 1.807) is 13.0 Å². The van der Waals surface area contributed by atoms with Crippen LogP contribution in [0.25, 0.3) is 0 Å². The quantitative estimate of drug-likeness (QED) is 0.573. The van der Waals surface area contributed by atoms with Gasteiger partial charge < -0.3 is 15.2 Å². The van der Waals surface area contributed by atoms with Gasteiger partial charge in [-0.3, -0.25) is 4.79 Å². The van der Waals surface area contributed by atoms with Crippen molar-refractivity contribution in [2.45, 2.75) is 51.7 Å². The Hall–Kier alpha value is -3.20. The summed E-state index contributed by atoms with van der Waals surface area (Å²) in [6, 6.07) is 15.2. The first-order chi connectivity index (χ1) is 15.8. The number of nitrogens with one attached hydrogen (secondary N) is 2. The molecule has 1 saturated carbocycles. The molecule has 2 aromatic rings. The van der Waals surface area contributed by atoms with E-state index in [4.69, 9.17) is 4.74 Å². The van der Waals surface area contributed by atoms with Gasteiger partial charge in [-0.15, -0.1) is 0 Å². The zero-order valence-corrected chi connectivity index (χ0v) is 19.3. The Morgan fingerprint density at radius 1 is 1.15 bits per heavy atom. The average molecular weight is 472 g/mol. The fourth-order valence-electron chi connectivity index (χ4n) is 4.51. The molecule has 1 fully saturated rings. The maximum Gasteiger partial charge on any atom is 0.330 e. The number of anilines is 1. The molecule has 3 N–H and O–H groups in total. The number of aliphatic hydroxyl groups is 1. The van der Waals surface area contributed by atoms with Crippen molar-refractivity contribution in [1.82, 2.24) is 10.0 Å². The summed E-state index contributed by atoms with van der Waals surface area (Å²) in [6.45, 7) is 1.82. The molecule has 176 valence electrons. The highest BCUT2D eigenvalue weighted by Crippen LogP contribution is 2.36. The molecule has 9 heteroatoms. The third-order valence-corrected chi connectivity index (χ3v) is 7.31. The Balaban J connectivity index is 1.62. The molecule has 4 rings (SSSR count). The van der Waals surface area contributed by atoms with Crippen molar-refractivity contribution in [3.05, 3.63) is 71.7 Å². The molecule has 1 aliphatic carbocycles. The number of carbonyl (C=O) groups excluding carboxylic acids is 1. The van der Waals surface area contributed by atoms with Crippen LogP contribution in [0.15, 0.2) is 60.6 Å². The SMILES string of the molecule is CC(=O)NC1CCCCC1Cc1ccc(N2C=C(O)NS2(=O)=O)c(OCc2ccccc2)c1. The van der Waals surface area contributed by atoms with Crippen LogP contribution in [0.1, 0.15) is 43.7 Å². The molecule has 2 atom stereocenters. The number of amides is 1. The van der Waals surface area contributed by atoms with Crippen LogP contribution in [0.3, 0.4) is 0 Å². The van der Waals surface area contributed by atoms with Crippen molar-refractivity contribution in [3.8, 4) is 5.75 Å². The second-order valence-electron chi connectivity index (χ2n) is 8.55. The molecule has 0 saturated heterocycles. The van der Waals surface area contributed by atoms with Crippen LogP contribution in [0.4, 0.5) is 5.69 Å². The van der Waals surface area contributed by atoms with Crippen molar-refractivity contribution >= 4 is 21.8 Å².